The van der Waals surface area contributed by atoms with Crippen LogP contribution in [0.15, 0.2) is 83.9 Å². The van der Waals surface area contributed by atoms with Crippen molar-refractivity contribution >= 4 is 23.2 Å². The van der Waals surface area contributed by atoms with E-state index >= 15 is 0 Å². The van der Waals surface area contributed by atoms with Crippen molar-refractivity contribution in [1.29, 1.82) is 0 Å². The van der Waals surface area contributed by atoms with E-state index in [1.54, 1.807) is 6.07 Å². The molecule has 0 spiro atoms. The molecule has 0 saturated carbocycles. The summed E-state index contributed by atoms with van der Waals surface area (Å²) in [4.78, 5) is 33.6. The van der Waals surface area contributed by atoms with Gasteiger partial charge in [0.15, 0.2) is 0 Å². The number of nitrogens with one attached hydrogen (secondary N) is 2. The number of morpholine rings is 1. The molecule has 0 radical (unpaired) electrons. The summed E-state index contributed by atoms with van der Waals surface area (Å²) >= 11 is 0. The highest BCUT2D eigenvalue weighted by Crippen LogP contribution is 2.24. The number of para-hydroxylation sites is 1. The summed E-state index contributed by atoms with van der Waals surface area (Å²) in [6.45, 7) is 6.99. The molecule has 0 aliphatic carbocycles. The number of fused-ring (bicyclic) bond motifs is 1. The SMILES string of the molecule is CC1(C)CN(Cc2ccccc2C(=O)NC2N=C(c3ccccc3)c3ccccc3NC2=O)CCO1. The van der Waals surface area contributed by atoms with Gasteiger partial charge in [-0.25, -0.2) is 4.99 Å². The van der Waals surface area contributed by atoms with Crippen molar-refractivity contribution in [2.75, 3.05) is 25.0 Å². The van der Waals surface area contributed by atoms with E-state index in [4.69, 9.17) is 9.73 Å². The van der Waals surface area contributed by atoms with E-state index < -0.39 is 6.17 Å². The fourth-order valence-corrected chi connectivity index (χ4v) is 4.75. The maximum absolute atomic E-state index is 13.5. The molecule has 7 heteroatoms. The van der Waals surface area contributed by atoms with Gasteiger partial charge in [-0.15, -0.1) is 0 Å². The van der Waals surface area contributed by atoms with Crippen molar-refractivity contribution < 1.29 is 14.3 Å². The maximum atomic E-state index is 13.5. The minimum absolute atomic E-state index is 0.231. The predicted molar refractivity (Wildman–Crippen MR) is 140 cm³/mol. The Bertz CT molecular complexity index is 1300. The number of carbonyl (C=O) groups is 2. The summed E-state index contributed by atoms with van der Waals surface area (Å²) in [6, 6.07) is 24.7. The Morgan fingerprint density at radius 2 is 1.78 bits per heavy atom. The van der Waals surface area contributed by atoms with Crippen molar-refractivity contribution in [3.8, 4) is 0 Å². The number of carbonyl (C=O) groups excluding carboxylic acids is 2. The van der Waals surface area contributed by atoms with E-state index in [2.05, 4.69) is 29.4 Å². The minimum Gasteiger partial charge on any atom is -0.373 e. The van der Waals surface area contributed by atoms with Crippen LogP contribution in [0.3, 0.4) is 0 Å². The number of rotatable bonds is 5. The van der Waals surface area contributed by atoms with Crippen molar-refractivity contribution in [2.45, 2.75) is 32.2 Å². The highest BCUT2D eigenvalue weighted by Gasteiger charge is 2.30. The number of benzodiazepines with no additional fused rings is 1. The summed E-state index contributed by atoms with van der Waals surface area (Å²) in [5.41, 5.74) is 4.20. The standard InChI is InChI=1S/C29H30N4O3/c1-29(2)19-33(16-17-36-29)18-21-12-6-7-13-22(21)27(34)32-26-28(35)30-24-15-9-8-14-23(24)25(31-26)20-10-4-3-5-11-20/h3-15,26H,16-19H2,1-2H3,(H,30,35)(H,32,34). The number of anilines is 1. The monoisotopic (exact) mass is 482 g/mol. The predicted octanol–water partition coefficient (Wildman–Crippen LogP) is 3.84. The Labute approximate surface area is 211 Å². The zero-order chi connectivity index (χ0) is 25.1. The van der Waals surface area contributed by atoms with Gasteiger partial charge in [0.1, 0.15) is 0 Å². The molecular formula is C29H30N4O3. The first kappa shape index (κ1) is 23.9. The number of benzene rings is 3. The van der Waals surface area contributed by atoms with E-state index in [0.29, 0.717) is 30.1 Å². The zero-order valence-electron chi connectivity index (χ0n) is 20.5. The Hall–Kier alpha value is -3.81. The minimum atomic E-state index is -1.07. The summed E-state index contributed by atoms with van der Waals surface area (Å²) < 4.78 is 5.83. The van der Waals surface area contributed by atoms with Gasteiger partial charge in [-0.2, -0.15) is 0 Å². The molecule has 2 aliphatic rings. The van der Waals surface area contributed by atoms with Crippen LogP contribution in [-0.4, -0.2) is 53.9 Å². The van der Waals surface area contributed by atoms with Crippen molar-refractivity contribution in [3.63, 3.8) is 0 Å². The summed E-state index contributed by atoms with van der Waals surface area (Å²) in [5, 5.41) is 5.80. The van der Waals surface area contributed by atoms with E-state index in [0.717, 1.165) is 29.8 Å². The third-order valence-corrected chi connectivity index (χ3v) is 6.42. The maximum Gasteiger partial charge on any atom is 0.269 e. The number of nitrogens with zero attached hydrogens (tertiary/aromatic N) is 2. The van der Waals surface area contributed by atoms with E-state index in [9.17, 15) is 9.59 Å². The number of ether oxygens (including phenoxy) is 1. The van der Waals surface area contributed by atoms with Crippen LogP contribution in [0.1, 0.15) is 40.9 Å². The molecule has 36 heavy (non-hydrogen) atoms. The van der Waals surface area contributed by atoms with Crippen LogP contribution < -0.4 is 10.6 Å². The molecule has 2 N–H and O–H groups in total. The number of hydrogen-bond donors (Lipinski definition) is 2. The molecule has 1 fully saturated rings. The molecule has 7 nitrogen and oxygen atoms in total. The fraction of sp³-hybridized carbons (Fsp3) is 0.276. The van der Waals surface area contributed by atoms with Crippen LogP contribution in [0.25, 0.3) is 0 Å². The normalized spacial score (nSPS) is 19.4. The average Bonchev–Trinajstić information content (AvgIpc) is 3.00. The molecule has 3 aromatic carbocycles. The first-order chi connectivity index (χ1) is 17.4. The second-order valence-electron chi connectivity index (χ2n) is 9.73. The topological polar surface area (TPSA) is 83.0 Å². The van der Waals surface area contributed by atoms with Crippen molar-refractivity contribution in [2.24, 2.45) is 4.99 Å². The van der Waals surface area contributed by atoms with Gasteiger partial charge in [-0.05, 0) is 31.5 Å². The molecule has 0 aromatic heterocycles. The van der Waals surface area contributed by atoms with Gasteiger partial charge in [-0.3, -0.25) is 14.5 Å². The van der Waals surface area contributed by atoms with Gasteiger partial charge >= 0.3 is 0 Å². The third-order valence-electron chi connectivity index (χ3n) is 6.42. The van der Waals surface area contributed by atoms with Gasteiger partial charge in [0.05, 0.1) is 23.6 Å². The molecule has 1 atom stereocenters. The van der Waals surface area contributed by atoms with Crippen LogP contribution in [0.5, 0.6) is 0 Å². The van der Waals surface area contributed by atoms with Gasteiger partial charge in [-0.1, -0.05) is 66.7 Å². The van der Waals surface area contributed by atoms with Crippen LogP contribution in [-0.2, 0) is 16.1 Å². The molecular weight excluding hydrogens is 452 g/mol. The Morgan fingerprint density at radius 1 is 1.06 bits per heavy atom. The molecule has 2 amide bonds. The summed E-state index contributed by atoms with van der Waals surface area (Å²) in [6.07, 6.45) is -1.07. The van der Waals surface area contributed by atoms with Gasteiger partial charge in [0.2, 0.25) is 6.17 Å². The van der Waals surface area contributed by atoms with Crippen LogP contribution in [0.4, 0.5) is 5.69 Å². The van der Waals surface area contributed by atoms with Crippen molar-refractivity contribution in [1.82, 2.24) is 10.2 Å². The number of aliphatic imine (C=N–C) groups is 1. The molecule has 184 valence electrons. The van der Waals surface area contributed by atoms with Crippen LogP contribution in [0.2, 0.25) is 0 Å². The number of amides is 2. The molecule has 3 aromatic rings. The number of hydrogen-bond acceptors (Lipinski definition) is 5. The van der Waals surface area contributed by atoms with Gasteiger partial charge in [0.25, 0.3) is 11.8 Å². The largest absolute Gasteiger partial charge is 0.373 e. The van der Waals surface area contributed by atoms with Crippen LogP contribution >= 0.6 is 0 Å². The Kier molecular flexibility index (Phi) is 6.67. The van der Waals surface area contributed by atoms with Gasteiger partial charge < -0.3 is 15.4 Å². The highest BCUT2D eigenvalue weighted by atomic mass is 16.5. The van der Waals surface area contributed by atoms with E-state index in [1.807, 2.05) is 72.8 Å². The molecule has 1 saturated heterocycles. The average molecular weight is 483 g/mol. The van der Waals surface area contributed by atoms with Crippen molar-refractivity contribution in [3.05, 3.63) is 101 Å². The molecule has 2 heterocycles. The van der Waals surface area contributed by atoms with Gasteiger partial charge in [0, 0.05) is 36.3 Å². The van der Waals surface area contributed by atoms with E-state index in [1.165, 1.54) is 0 Å². The molecule has 2 aliphatic heterocycles. The quantitative estimate of drug-likeness (QED) is 0.579. The second-order valence-corrected chi connectivity index (χ2v) is 9.73. The Morgan fingerprint density at radius 3 is 2.58 bits per heavy atom. The molecule has 1 unspecified atom stereocenters. The first-order valence-corrected chi connectivity index (χ1v) is 12.2. The molecule has 0 bridgehead atoms. The van der Waals surface area contributed by atoms with Crippen LogP contribution in [0, 0.1) is 0 Å². The lowest BCUT2D eigenvalue weighted by molar-refractivity contribution is -0.117. The third kappa shape index (κ3) is 5.22. The van der Waals surface area contributed by atoms with E-state index in [-0.39, 0.29) is 17.4 Å². The lowest BCUT2D eigenvalue weighted by Gasteiger charge is -2.38. The first-order valence-electron chi connectivity index (χ1n) is 12.2. The Balaban J connectivity index is 1.42. The highest BCUT2D eigenvalue weighted by molar-refractivity contribution is 6.20. The fourth-order valence-electron chi connectivity index (χ4n) is 4.75. The summed E-state index contributed by atoms with van der Waals surface area (Å²) in [5.74, 6) is -0.713. The zero-order valence-corrected chi connectivity index (χ0v) is 20.5. The molecule has 5 rings (SSSR count). The lowest BCUT2D eigenvalue weighted by Crippen LogP contribution is -2.48. The second kappa shape index (κ2) is 10.0. The lowest BCUT2D eigenvalue weighted by atomic mass is 10.0. The smallest absolute Gasteiger partial charge is 0.269 e. The summed E-state index contributed by atoms with van der Waals surface area (Å²) in [7, 11) is 0.